The lowest BCUT2D eigenvalue weighted by molar-refractivity contribution is 0.0703. The molecule has 27 heavy (non-hydrogen) atoms. The minimum Gasteiger partial charge on any atom is -0.335 e. The Morgan fingerprint density at radius 3 is 2.33 bits per heavy atom. The van der Waals surface area contributed by atoms with Gasteiger partial charge in [-0.15, -0.1) is 11.3 Å². The van der Waals surface area contributed by atoms with E-state index in [1.165, 1.54) is 21.7 Å². The average molecular weight is 421 g/mol. The monoisotopic (exact) mass is 420 g/mol. The Labute approximate surface area is 166 Å². The molecule has 0 atom stereocenters. The largest absolute Gasteiger partial charge is 0.335 e. The van der Waals surface area contributed by atoms with Crippen molar-refractivity contribution in [2.45, 2.75) is 4.90 Å². The zero-order valence-corrected chi connectivity index (χ0v) is 16.7. The van der Waals surface area contributed by atoms with Gasteiger partial charge < -0.3 is 4.90 Å². The molecular formula is C19H17ClN2O3S2. The number of thiophene rings is 1. The van der Waals surface area contributed by atoms with Crippen LogP contribution in [0.4, 0.5) is 0 Å². The maximum absolute atomic E-state index is 12.8. The van der Waals surface area contributed by atoms with E-state index in [1.807, 2.05) is 30.3 Å². The van der Waals surface area contributed by atoms with Crippen molar-refractivity contribution in [3.05, 3.63) is 64.5 Å². The van der Waals surface area contributed by atoms with Gasteiger partial charge in [0.1, 0.15) is 4.90 Å². The van der Waals surface area contributed by atoms with E-state index in [4.69, 9.17) is 11.6 Å². The van der Waals surface area contributed by atoms with Gasteiger partial charge in [-0.2, -0.15) is 4.31 Å². The van der Waals surface area contributed by atoms with Crippen molar-refractivity contribution in [2.24, 2.45) is 0 Å². The molecule has 5 nitrogen and oxygen atoms in total. The Kier molecular flexibility index (Phi) is 4.94. The molecule has 1 saturated heterocycles. The third-order valence-electron chi connectivity index (χ3n) is 4.62. The van der Waals surface area contributed by atoms with E-state index in [-0.39, 0.29) is 28.9 Å². The van der Waals surface area contributed by atoms with Gasteiger partial charge in [-0.05, 0) is 29.7 Å². The Bertz CT molecular complexity index is 1070. The fourth-order valence-electron chi connectivity index (χ4n) is 3.17. The van der Waals surface area contributed by atoms with E-state index in [1.54, 1.807) is 23.1 Å². The molecule has 2 aromatic carbocycles. The van der Waals surface area contributed by atoms with Gasteiger partial charge >= 0.3 is 0 Å². The molecule has 0 N–H and O–H groups in total. The number of halogens is 1. The number of rotatable bonds is 3. The third-order valence-corrected chi connectivity index (χ3v) is 8.12. The van der Waals surface area contributed by atoms with Crippen LogP contribution in [0.3, 0.4) is 0 Å². The number of amides is 1. The molecule has 1 aromatic heterocycles. The van der Waals surface area contributed by atoms with Gasteiger partial charge in [-0.25, -0.2) is 8.42 Å². The quantitative estimate of drug-likeness (QED) is 0.649. The van der Waals surface area contributed by atoms with Gasteiger partial charge in [-0.3, -0.25) is 4.79 Å². The summed E-state index contributed by atoms with van der Waals surface area (Å²) in [4.78, 5) is 15.3. The highest BCUT2D eigenvalue weighted by atomic mass is 35.5. The summed E-state index contributed by atoms with van der Waals surface area (Å²) in [6.07, 6.45) is 0. The highest BCUT2D eigenvalue weighted by Gasteiger charge is 2.31. The number of piperazine rings is 1. The minimum absolute atomic E-state index is 0.0500. The highest BCUT2D eigenvalue weighted by molar-refractivity contribution is 7.89. The molecule has 0 spiro atoms. The lowest BCUT2D eigenvalue weighted by Gasteiger charge is -2.33. The molecule has 1 fully saturated rings. The number of hydrogen-bond acceptors (Lipinski definition) is 4. The lowest BCUT2D eigenvalue weighted by Crippen LogP contribution is -2.50. The van der Waals surface area contributed by atoms with E-state index >= 15 is 0 Å². The highest BCUT2D eigenvalue weighted by Crippen LogP contribution is 2.28. The number of hydrogen-bond donors (Lipinski definition) is 0. The minimum atomic E-state index is -3.66. The van der Waals surface area contributed by atoms with Gasteiger partial charge in [0.05, 0.1) is 9.90 Å². The summed E-state index contributed by atoms with van der Waals surface area (Å²) in [7, 11) is -3.66. The Morgan fingerprint density at radius 2 is 1.63 bits per heavy atom. The Balaban J connectivity index is 1.48. The second-order valence-electron chi connectivity index (χ2n) is 6.28. The van der Waals surface area contributed by atoms with Crippen LogP contribution in [0.1, 0.15) is 9.67 Å². The lowest BCUT2D eigenvalue weighted by atomic mass is 10.2. The predicted octanol–water partition coefficient (Wildman–Crippen LogP) is 3.70. The first-order chi connectivity index (χ1) is 13.0. The summed E-state index contributed by atoms with van der Waals surface area (Å²) in [5.41, 5.74) is 0. The standard InChI is InChI=1S/C19H17ClN2O3S2/c20-15-6-2-4-8-18(15)27(24,25)22-11-9-21(10-12-22)19(23)17-13-14-5-1-3-7-16(14)26-17/h1-8,13H,9-12H2. The van der Waals surface area contributed by atoms with Crippen LogP contribution in [0.15, 0.2) is 59.5 Å². The van der Waals surface area contributed by atoms with Gasteiger partial charge in [0.15, 0.2) is 0 Å². The summed E-state index contributed by atoms with van der Waals surface area (Å²) in [5, 5.41) is 1.26. The fourth-order valence-corrected chi connectivity index (χ4v) is 6.11. The molecule has 4 rings (SSSR count). The fraction of sp³-hybridized carbons (Fsp3) is 0.211. The number of carbonyl (C=O) groups is 1. The number of benzene rings is 2. The topological polar surface area (TPSA) is 57.7 Å². The zero-order valence-electron chi connectivity index (χ0n) is 14.3. The second kappa shape index (κ2) is 7.24. The molecule has 8 heteroatoms. The van der Waals surface area contributed by atoms with Crippen LogP contribution in [0.5, 0.6) is 0 Å². The maximum Gasteiger partial charge on any atom is 0.264 e. The zero-order chi connectivity index (χ0) is 19.0. The Hall–Kier alpha value is -1.93. The summed E-state index contributed by atoms with van der Waals surface area (Å²) >= 11 is 7.52. The van der Waals surface area contributed by atoms with Crippen molar-refractivity contribution in [3.63, 3.8) is 0 Å². The van der Waals surface area contributed by atoms with E-state index < -0.39 is 10.0 Å². The number of carbonyl (C=O) groups excluding carboxylic acids is 1. The first-order valence-electron chi connectivity index (χ1n) is 8.49. The summed E-state index contributed by atoms with van der Waals surface area (Å²) < 4.78 is 28.1. The predicted molar refractivity (Wildman–Crippen MR) is 108 cm³/mol. The van der Waals surface area contributed by atoms with Crippen LogP contribution < -0.4 is 0 Å². The first kappa shape index (κ1) is 18.4. The van der Waals surface area contributed by atoms with Gasteiger partial charge in [0.2, 0.25) is 10.0 Å². The number of fused-ring (bicyclic) bond motifs is 1. The SMILES string of the molecule is O=C(c1cc2ccccc2s1)N1CCN(S(=O)(=O)c2ccccc2Cl)CC1. The molecule has 0 unspecified atom stereocenters. The number of sulfonamides is 1. The summed E-state index contributed by atoms with van der Waals surface area (Å²) in [6.45, 7) is 1.22. The normalized spacial score (nSPS) is 16.0. The smallest absolute Gasteiger partial charge is 0.264 e. The maximum atomic E-state index is 12.8. The average Bonchev–Trinajstić information content (AvgIpc) is 3.12. The molecule has 1 aliphatic heterocycles. The molecule has 0 saturated carbocycles. The molecule has 0 bridgehead atoms. The van der Waals surface area contributed by atoms with Crippen molar-refractivity contribution in [1.29, 1.82) is 0 Å². The van der Waals surface area contributed by atoms with Crippen LogP contribution in [0, 0.1) is 0 Å². The molecule has 140 valence electrons. The number of nitrogens with zero attached hydrogens (tertiary/aromatic N) is 2. The van der Waals surface area contributed by atoms with Crippen molar-refractivity contribution >= 4 is 49.0 Å². The van der Waals surface area contributed by atoms with Crippen LogP contribution in [-0.4, -0.2) is 49.7 Å². The van der Waals surface area contributed by atoms with Crippen LogP contribution in [0.2, 0.25) is 5.02 Å². The summed E-state index contributed by atoms with van der Waals surface area (Å²) in [5.74, 6) is -0.0500. The van der Waals surface area contributed by atoms with Crippen LogP contribution in [-0.2, 0) is 10.0 Å². The summed E-state index contributed by atoms with van der Waals surface area (Å²) in [6, 6.07) is 16.2. The Morgan fingerprint density at radius 1 is 0.963 bits per heavy atom. The molecule has 2 heterocycles. The van der Waals surface area contributed by atoms with Gasteiger partial charge in [-0.1, -0.05) is 41.9 Å². The second-order valence-corrected chi connectivity index (χ2v) is 9.67. The van der Waals surface area contributed by atoms with Crippen molar-refractivity contribution in [3.8, 4) is 0 Å². The van der Waals surface area contributed by atoms with E-state index in [2.05, 4.69) is 0 Å². The van der Waals surface area contributed by atoms with Gasteiger partial charge in [0.25, 0.3) is 5.91 Å². The van der Waals surface area contributed by atoms with Crippen LogP contribution in [0.25, 0.3) is 10.1 Å². The van der Waals surface area contributed by atoms with E-state index in [0.29, 0.717) is 18.0 Å². The third kappa shape index (κ3) is 3.48. The van der Waals surface area contributed by atoms with E-state index in [9.17, 15) is 13.2 Å². The van der Waals surface area contributed by atoms with Gasteiger partial charge in [0, 0.05) is 30.9 Å². The molecule has 1 aliphatic rings. The molecule has 0 aliphatic carbocycles. The van der Waals surface area contributed by atoms with Crippen molar-refractivity contribution < 1.29 is 13.2 Å². The molecule has 1 amide bonds. The van der Waals surface area contributed by atoms with E-state index in [0.717, 1.165) is 10.1 Å². The first-order valence-corrected chi connectivity index (χ1v) is 11.1. The van der Waals surface area contributed by atoms with Crippen molar-refractivity contribution in [2.75, 3.05) is 26.2 Å². The van der Waals surface area contributed by atoms with Crippen LogP contribution >= 0.6 is 22.9 Å². The molecular weight excluding hydrogens is 404 g/mol. The molecule has 3 aromatic rings. The molecule has 0 radical (unpaired) electrons. The van der Waals surface area contributed by atoms with Crippen molar-refractivity contribution in [1.82, 2.24) is 9.21 Å².